The molecule has 0 N–H and O–H groups in total. The molecule has 0 saturated heterocycles. The fourth-order valence-electron chi connectivity index (χ4n) is 3.68. The number of fused-ring (bicyclic) bond motifs is 2. The lowest BCUT2D eigenvalue weighted by Crippen LogP contribution is -2.58. The number of halogens is 1. The molecule has 29 heavy (non-hydrogen) atoms. The summed E-state index contributed by atoms with van der Waals surface area (Å²) in [4.78, 5) is 26.9. The zero-order chi connectivity index (χ0) is 20.8. The molecule has 0 radical (unpaired) electrons. The van der Waals surface area contributed by atoms with Gasteiger partial charge in [0.15, 0.2) is 0 Å². The van der Waals surface area contributed by atoms with Gasteiger partial charge in [0, 0.05) is 22.2 Å². The molecule has 1 unspecified atom stereocenters. The maximum atomic E-state index is 13.8. The van der Waals surface area contributed by atoms with Gasteiger partial charge in [0.2, 0.25) is 5.54 Å². The van der Waals surface area contributed by atoms with E-state index < -0.39 is 5.54 Å². The smallest absolute Gasteiger partial charge is 0.269 e. The Balaban J connectivity index is 1.91. The Morgan fingerprint density at radius 3 is 2.48 bits per heavy atom. The molecule has 146 valence electrons. The molecule has 0 bridgehead atoms. The lowest BCUT2D eigenvalue weighted by Gasteiger charge is -2.39. The van der Waals surface area contributed by atoms with Crippen LogP contribution in [0.2, 0.25) is 5.02 Å². The van der Waals surface area contributed by atoms with E-state index in [0.29, 0.717) is 22.0 Å². The van der Waals surface area contributed by atoms with Gasteiger partial charge < -0.3 is 0 Å². The van der Waals surface area contributed by atoms with Gasteiger partial charge in [0.1, 0.15) is 0 Å². The quantitative estimate of drug-likeness (QED) is 0.705. The highest BCUT2D eigenvalue weighted by Crippen LogP contribution is 2.42. The normalized spacial score (nSPS) is 20.0. The van der Waals surface area contributed by atoms with Crippen LogP contribution in [0.25, 0.3) is 0 Å². The van der Waals surface area contributed by atoms with E-state index in [1.807, 2.05) is 38.1 Å². The molecule has 2 aliphatic heterocycles. The monoisotopic (exact) mass is 406 g/mol. The van der Waals surface area contributed by atoms with Gasteiger partial charge in [-0.1, -0.05) is 41.4 Å². The van der Waals surface area contributed by atoms with Crippen LogP contribution in [-0.4, -0.2) is 28.7 Å². The van der Waals surface area contributed by atoms with Crippen LogP contribution in [0.5, 0.6) is 0 Å². The van der Waals surface area contributed by atoms with E-state index in [1.165, 1.54) is 16.1 Å². The highest BCUT2D eigenvalue weighted by atomic mass is 35.5. The number of hydrogen-bond acceptors (Lipinski definition) is 4. The molecule has 7 heteroatoms. The van der Waals surface area contributed by atoms with Crippen molar-refractivity contribution >= 4 is 41.0 Å². The summed E-state index contributed by atoms with van der Waals surface area (Å²) in [7, 11) is 0. The summed E-state index contributed by atoms with van der Waals surface area (Å²) in [6.07, 6.45) is 3.07. The van der Waals surface area contributed by atoms with Crippen molar-refractivity contribution in [2.24, 2.45) is 10.2 Å². The van der Waals surface area contributed by atoms with E-state index in [-0.39, 0.29) is 11.8 Å². The Morgan fingerprint density at radius 1 is 1.10 bits per heavy atom. The maximum Gasteiger partial charge on any atom is 0.286 e. The average molecular weight is 407 g/mol. The second-order valence-corrected chi connectivity index (χ2v) is 7.63. The Kier molecular flexibility index (Phi) is 4.59. The summed E-state index contributed by atoms with van der Waals surface area (Å²) in [6.45, 7) is 5.39. The molecule has 1 spiro atoms. The molecule has 2 aromatic carbocycles. The lowest BCUT2D eigenvalue weighted by molar-refractivity contribution is -0.139. The number of allylic oxidation sites excluding steroid dienone is 1. The van der Waals surface area contributed by atoms with Crippen molar-refractivity contribution in [1.82, 2.24) is 5.01 Å². The summed E-state index contributed by atoms with van der Waals surface area (Å²) in [5.41, 5.74) is 1.86. The fraction of sp³-hybridized carbons (Fsp3) is 0.182. The van der Waals surface area contributed by atoms with Gasteiger partial charge in [0.25, 0.3) is 11.8 Å². The van der Waals surface area contributed by atoms with Gasteiger partial charge in [-0.05, 0) is 45.0 Å². The van der Waals surface area contributed by atoms with Crippen molar-refractivity contribution < 1.29 is 9.59 Å². The van der Waals surface area contributed by atoms with Crippen LogP contribution in [0, 0.1) is 0 Å². The SMILES string of the molecule is CC(C)=CC(=O)N1N=Cc2ccccc2C12C(=O)N(c1ccc(Cl)cc1)N=C2C. The van der Waals surface area contributed by atoms with E-state index in [9.17, 15) is 9.59 Å². The summed E-state index contributed by atoms with van der Waals surface area (Å²) in [5.74, 6) is -0.742. The summed E-state index contributed by atoms with van der Waals surface area (Å²) < 4.78 is 0. The first-order valence-corrected chi connectivity index (χ1v) is 9.52. The van der Waals surface area contributed by atoms with Crippen LogP contribution in [0.1, 0.15) is 31.9 Å². The summed E-state index contributed by atoms with van der Waals surface area (Å²) in [5, 5.41) is 12.0. The van der Waals surface area contributed by atoms with Crippen LogP contribution in [0.3, 0.4) is 0 Å². The zero-order valence-corrected chi connectivity index (χ0v) is 17.0. The van der Waals surface area contributed by atoms with E-state index in [0.717, 1.165) is 11.1 Å². The first-order chi connectivity index (χ1) is 13.9. The van der Waals surface area contributed by atoms with Crippen molar-refractivity contribution in [1.29, 1.82) is 0 Å². The topological polar surface area (TPSA) is 65.3 Å². The number of carbonyl (C=O) groups is 2. The summed E-state index contributed by atoms with van der Waals surface area (Å²) in [6, 6.07) is 14.2. The van der Waals surface area contributed by atoms with Gasteiger partial charge in [-0.15, -0.1) is 0 Å². The maximum absolute atomic E-state index is 13.8. The molecule has 6 nitrogen and oxygen atoms in total. The van der Waals surface area contributed by atoms with E-state index >= 15 is 0 Å². The third-order valence-corrected chi connectivity index (χ3v) is 5.20. The predicted octanol–water partition coefficient (Wildman–Crippen LogP) is 4.10. The van der Waals surface area contributed by atoms with Crippen LogP contribution in [0.15, 0.2) is 70.4 Å². The predicted molar refractivity (Wildman–Crippen MR) is 114 cm³/mol. The Bertz CT molecular complexity index is 1100. The van der Waals surface area contributed by atoms with Crippen molar-refractivity contribution in [3.63, 3.8) is 0 Å². The first-order valence-electron chi connectivity index (χ1n) is 9.14. The molecule has 0 fully saturated rings. The molecule has 1 atom stereocenters. The number of hydrazone groups is 2. The minimum absolute atomic E-state index is 0.364. The molecular formula is C22H19ClN4O2. The van der Waals surface area contributed by atoms with Crippen molar-refractivity contribution in [2.45, 2.75) is 26.3 Å². The Morgan fingerprint density at radius 2 is 1.79 bits per heavy atom. The fourth-order valence-corrected chi connectivity index (χ4v) is 3.80. The van der Waals surface area contributed by atoms with Gasteiger partial charge in [0.05, 0.1) is 17.6 Å². The van der Waals surface area contributed by atoms with Gasteiger partial charge in [-0.3, -0.25) is 9.59 Å². The number of anilines is 1. The Labute approximate surface area is 173 Å². The lowest BCUT2D eigenvalue weighted by atomic mass is 9.81. The molecule has 2 amide bonds. The second-order valence-electron chi connectivity index (χ2n) is 7.19. The zero-order valence-electron chi connectivity index (χ0n) is 16.3. The van der Waals surface area contributed by atoms with Gasteiger partial charge in [-0.2, -0.15) is 15.2 Å². The van der Waals surface area contributed by atoms with Crippen LogP contribution in [-0.2, 0) is 15.1 Å². The third-order valence-electron chi connectivity index (χ3n) is 4.95. The van der Waals surface area contributed by atoms with E-state index in [4.69, 9.17) is 11.6 Å². The molecule has 0 aliphatic carbocycles. The minimum Gasteiger partial charge on any atom is -0.269 e. The molecule has 0 aromatic heterocycles. The van der Waals surface area contributed by atoms with Crippen molar-refractivity contribution in [2.75, 3.05) is 5.01 Å². The molecule has 2 aromatic rings. The third kappa shape index (κ3) is 2.87. The van der Waals surface area contributed by atoms with Gasteiger partial charge in [-0.25, -0.2) is 5.01 Å². The van der Waals surface area contributed by atoms with Crippen molar-refractivity contribution in [3.8, 4) is 0 Å². The second kappa shape index (κ2) is 6.97. The molecular weight excluding hydrogens is 388 g/mol. The number of nitrogens with zero attached hydrogens (tertiary/aromatic N) is 4. The van der Waals surface area contributed by atoms with Gasteiger partial charge >= 0.3 is 0 Å². The number of rotatable bonds is 2. The summed E-state index contributed by atoms with van der Waals surface area (Å²) >= 11 is 5.99. The highest BCUT2D eigenvalue weighted by Gasteiger charge is 2.59. The molecule has 2 aliphatic rings. The van der Waals surface area contributed by atoms with Crippen LogP contribution >= 0.6 is 11.6 Å². The van der Waals surface area contributed by atoms with Crippen molar-refractivity contribution in [3.05, 3.63) is 76.3 Å². The molecule has 4 rings (SSSR count). The standard InChI is InChI=1S/C22H19ClN4O2/c1-14(2)12-20(28)27-22(19-7-5-4-6-16(19)13-24-27)15(3)25-26(21(22)29)18-10-8-17(23)9-11-18/h4-13H,1-3H3. The average Bonchev–Trinajstić information content (AvgIpc) is 2.94. The van der Waals surface area contributed by atoms with Crippen LogP contribution in [0.4, 0.5) is 5.69 Å². The highest BCUT2D eigenvalue weighted by molar-refractivity contribution is 6.30. The van der Waals surface area contributed by atoms with E-state index in [2.05, 4.69) is 10.2 Å². The van der Waals surface area contributed by atoms with Crippen LogP contribution < -0.4 is 5.01 Å². The number of carbonyl (C=O) groups excluding carboxylic acids is 2. The molecule has 0 saturated carbocycles. The largest absolute Gasteiger partial charge is 0.286 e. The first kappa shape index (κ1) is 19.1. The number of benzene rings is 2. The van der Waals surface area contributed by atoms with E-state index in [1.54, 1.807) is 37.4 Å². The Hall–Kier alpha value is -3.25. The number of amides is 2. The molecule has 2 heterocycles. The number of hydrogen-bond donors (Lipinski definition) is 0. The minimum atomic E-state index is -1.44.